The van der Waals surface area contributed by atoms with Crippen LogP contribution in [0.4, 0.5) is 0 Å². The van der Waals surface area contributed by atoms with E-state index >= 15 is 0 Å². The van der Waals surface area contributed by atoms with E-state index in [-0.39, 0.29) is 0 Å². The SMILES string of the molecule is O=CCCCCc1ccc2c(c1)CCNCC2. The second kappa shape index (κ2) is 6.55. The van der Waals surface area contributed by atoms with Crippen molar-refractivity contribution in [3.63, 3.8) is 0 Å². The Hall–Kier alpha value is -1.15. The molecular weight excluding hydrogens is 210 g/mol. The largest absolute Gasteiger partial charge is 0.316 e. The Balaban J connectivity index is 1.95. The predicted molar refractivity (Wildman–Crippen MR) is 70.3 cm³/mol. The van der Waals surface area contributed by atoms with Crippen molar-refractivity contribution >= 4 is 6.29 Å². The average molecular weight is 231 g/mol. The number of carbonyl (C=O) groups is 1. The normalized spacial score (nSPS) is 15.1. The van der Waals surface area contributed by atoms with E-state index in [0.29, 0.717) is 6.42 Å². The molecule has 1 N–H and O–H groups in total. The molecule has 0 radical (unpaired) electrons. The summed E-state index contributed by atoms with van der Waals surface area (Å²) in [6.45, 7) is 2.20. The highest BCUT2D eigenvalue weighted by atomic mass is 16.1. The molecule has 1 heterocycles. The Morgan fingerprint density at radius 2 is 1.94 bits per heavy atom. The van der Waals surface area contributed by atoms with Crippen molar-refractivity contribution in [1.29, 1.82) is 0 Å². The maximum absolute atomic E-state index is 10.2. The van der Waals surface area contributed by atoms with Crippen LogP contribution < -0.4 is 5.32 Å². The second-order valence-corrected chi connectivity index (χ2v) is 4.77. The van der Waals surface area contributed by atoms with E-state index in [2.05, 4.69) is 23.5 Å². The monoisotopic (exact) mass is 231 g/mol. The molecule has 0 fully saturated rings. The fourth-order valence-electron chi connectivity index (χ4n) is 2.44. The highest BCUT2D eigenvalue weighted by Crippen LogP contribution is 2.17. The van der Waals surface area contributed by atoms with Crippen molar-refractivity contribution in [2.24, 2.45) is 0 Å². The zero-order valence-electron chi connectivity index (χ0n) is 10.4. The molecule has 1 aromatic carbocycles. The lowest BCUT2D eigenvalue weighted by atomic mass is 9.97. The molecule has 0 spiro atoms. The number of unbranched alkanes of at least 4 members (excludes halogenated alkanes) is 2. The summed E-state index contributed by atoms with van der Waals surface area (Å²) in [6.07, 6.45) is 7.27. The van der Waals surface area contributed by atoms with Gasteiger partial charge in [0.2, 0.25) is 0 Å². The van der Waals surface area contributed by atoms with Crippen LogP contribution in [0, 0.1) is 0 Å². The summed E-state index contributed by atoms with van der Waals surface area (Å²) in [6, 6.07) is 6.91. The zero-order chi connectivity index (χ0) is 11.9. The minimum atomic E-state index is 0.703. The van der Waals surface area contributed by atoms with Gasteiger partial charge in [0.1, 0.15) is 6.29 Å². The Bertz CT molecular complexity index is 373. The highest BCUT2D eigenvalue weighted by Gasteiger charge is 2.07. The average Bonchev–Trinajstić information content (AvgIpc) is 2.59. The van der Waals surface area contributed by atoms with Gasteiger partial charge in [-0.05, 0) is 61.9 Å². The summed E-state index contributed by atoms with van der Waals surface area (Å²) in [5, 5.41) is 3.43. The number of fused-ring (bicyclic) bond motifs is 1. The van der Waals surface area contributed by atoms with E-state index in [1.54, 1.807) is 0 Å². The van der Waals surface area contributed by atoms with Gasteiger partial charge in [-0.3, -0.25) is 0 Å². The van der Waals surface area contributed by atoms with Crippen molar-refractivity contribution in [2.75, 3.05) is 13.1 Å². The maximum Gasteiger partial charge on any atom is 0.119 e. The number of aldehydes is 1. The molecule has 2 nitrogen and oxygen atoms in total. The molecule has 0 unspecified atom stereocenters. The number of hydrogen-bond acceptors (Lipinski definition) is 2. The third kappa shape index (κ3) is 3.67. The van der Waals surface area contributed by atoms with Gasteiger partial charge in [-0.25, -0.2) is 0 Å². The second-order valence-electron chi connectivity index (χ2n) is 4.77. The van der Waals surface area contributed by atoms with Crippen molar-refractivity contribution in [2.45, 2.75) is 38.5 Å². The molecule has 0 saturated heterocycles. The minimum Gasteiger partial charge on any atom is -0.316 e. The lowest BCUT2D eigenvalue weighted by Gasteiger charge is -2.08. The number of nitrogens with one attached hydrogen (secondary N) is 1. The molecule has 1 aliphatic heterocycles. The summed E-state index contributed by atoms with van der Waals surface area (Å²) in [5.74, 6) is 0. The van der Waals surface area contributed by atoms with Crippen LogP contribution in [0.2, 0.25) is 0 Å². The van der Waals surface area contributed by atoms with Crippen molar-refractivity contribution < 1.29 is 4.79 Å². The van der Waals surface area contributed by atoms with E-state index in [4.69, 9.17) is 0 Å². The number of rotatable bonds is 5. The van der Waals surface area contributed by atoms with Crippen LogP contribution in [0.5, 0.6) is 0 Å². The van der Waals surface area contributed by atoms with E-state index in [1.807, 2.05) is 0 Å². The third-order valence-electron chi connectivity index (χ3n) is 3.45. The Kier molecular flexibility index (Phi) is 4.75. The first-order valence-electron chi connectivity index (χ1n) is 6.65. The van der Waals surface area contributed by atoms with E-state index < -0.39 is 0 Å². The molecule has 17 heavy (non-hydrogen) atoms. The number of hydrogen-bond donors (Lipinski definition) is 1. The molecule has 1 aromatic rings. The zero-order valence-corrected chi connectivity index (χ0v) is 10.4. The molecular formula is C15H21NO. The van der Waals surface area contributed by atoms with Gasteiger partial charge in [-0.15, -0.1) is 0 Å². The quantitative estimate of drug-likeness (QED) is 0.622. The Morgan fingerprint density at radius 3 is 2.76 bits per heavy atom. The summed E-state index contributed by atoms with van der Waals surface area (Å²) >= 11 is 0. The maximum atomic E-state index is 10.2. The number of benzene rings is 1. The third-order valence-corrected chi connectivity index (χ3v) is 3.45. The number of carbonyl (C=O) groups excluding carboxylic acids is 1. The lowest BCUT2D eigenvalue weighted by molar-refractivity contribution is -0.107. The van der Waals surface area contributed by atoms with Crippen LogP contribution in [0.3, 0.4) is 0 Å². The van der Waals surface area contributed by atoms with Crippen LogP contribution >= 0.6 is 0 Å². The molecule has 0 amide bonds. The minimum absolute atomic E-state index is 0.703. The lowest BCUT2D eigenvalue weighted by Crippen LogP contribution is -2.16. The fraction of sp³-hybridized carbons (Fsp3) is 0.533. The van der Waals surface area contributed by atoms with E-state index in [0.717, 1.165) is 51.5 Å². The van der Waals surface area contributed by atoms with Crippen molar-refractivity contribution in [1.82, 2.24) is 5.32 Å². The van der Waals surface area contributed by atoms with Crippen LogP contribution in [0.1, 0.15) is 36.0 Å². The molecule has 2 rings (SSSR count). The van der Waals surface area contributed by atoms with E-state index in [1.165, 1.54) is 16.7 Å². The summed E-state index contributed by atoms with van der Waals surface area (Å²) in [5.41, 5.74) is 4.45. The molecule has 2 heteroatoms. The molecule has 0 atom stereocenters. The molecule has 92 valence electrons. The van der Waals surface area contributed by atoms with Gasteiger partial charge in [-0.1, -0.05) is 18.2 Å². The predicted octanol–water partition coefficient (Wildman–Crippen LogP) is 2.29. The van der Waals surface area contributed by atoms with Gasteiger partial charge >= 0.3 is 0 Å². The first kappa shape index (κ1) is 12.3. The van der Waals surface area contributed by atoms with Crippen molar-refractivity contribution in [3.8, 4) is 0 Å². The van der Waals surface area contributed by atoms with Crippen LogP contribution in [-0.2, 0) is 24.1 Å². The van der Waals surface area contributed by atoms with Gasteiger partial charge in [0.25, 0.3) is 0 Å². The number of aryl methyl sites for hydroxylation is 1. The molecule has 1 aliphatic rings. The van der Waals surface area contributed by atoms with Crippen LogP contribution in [-0.4, -0.2) is 19.4 Å². The van der Waals surface area contributed by atoms with Gasteiger partial charge in [0.05, 0.1) is 0 Å². The molecule has 0 bridgehead atoms. The smallest absolute Gasteiger partial charge is 0.119 e. The fourth-order valence-corrected chi connectivity index (χ4v) is 2.44. The van der Waals surface area contributed by atoms with Crippen LogP contribution in [0.15, 0.2) is 18.2 Å². The Morgan fingerprint density at radius 1 is 1.12 bits per heavy atom. The van der Waals surface area contributed by atoms with Gasteiger partial charge in [0.15, 0.2) is 0 Å². The topological polar surface area (TPSA) is 29.1 Å². The first-order chi connectivity index (χ1) is 8.40. The summed E-state index contributed by atoms with van der Waals surface area (Å²) in [7, 11) is 0. The summed E-state index contributed by atoms with van der Waals surface area (Å²) < 4.78 is 0. The standard InChI is InChI=1S/C15H21NO/c17-11-3-1-2-4-13-5-6-14-7-9-16-10-8-15(14)12-13/h5-6,11-12,16H,1-4,7-10H2. The van der Waals surface area contributed by atoms with Crippen molar-refractivity contribution in [3.05, 3.63) is 34.9 Å². The van der Waals surface area contributed by atoms with Gasteiger partial charge in [0, 0.05) is 6.42 Å². The van der Waals surface area contributed by atoms with Crippen LogP contribution in [0.25, 0.3) is 0 Å². The highest BCUT2D eigenvalue weighted by molar-refractivity contribution is 5.48. The van der Waals surface area contributed by atoms with Gasteiger partial charge < -0.3 is 10.1 Å². The first-order valence-corrected chi connectivity index (χ1v) is 6.65. The molecule has 0 aliphatic carbocycles. The van der Waals surface area contributed by atoms with E-state index in [9.17, 15) is 4.79 Å². The van der Waals surface area contributed by atoms with Gasteiger partial charge in [-0.2, -0.15) is 0 Å². The Labute approximate surface area is 103 Å². The summed E-state index contributed by atoms with van der Waals surface area (Å²) in [4.78, 5) is 10.2. The molecule has 0 saturated carbocycles. The molecule has 0 aromatic heterocycles.